The summed E-state index contributed by atoms with van der Waals surface area (Å²) in [4.78, 5) is 14.5. The maximum absolute atomic E-state index is 13.1. The van der Waals surface area contributed by atoms with Gasteiger partial charge in [0.1, 0.15) is 5.75 Å². The van der Waals surface area contributed by atoms with Gasteiger partial charge in [0, 0.05) is 43.0 Å². The number of carbonyl (C=O) groups is 1. The van der Waals surface area contributed by atoms with Gasteiger partial charge in [-0.05, 0) is 48.0 Å². The Hall–Kier alpha value is -2.44. The van der Waals surface area contributed by atoms with Gasteiger partial charge in [0.2, 0.25) is 16.3 Å². The number of rotatable bonds is 11. The van der Waals surface area contributed by atoms with E-state index in [1.54, 1.807) is 17.0 Å². The van der Waals surface area contributed by atoms with Crippen LogP contribution in [0.25, 0.3) is 0 Å². The zero-order chi connectivity index (χ0) is 25.7. The molecule has 9 nitrogen and oxygen atoms in total. The van der Waals surface area contributed by atoms with Gasteiger partial charge in [-0.25, -0.2) is 8.42 Å². The van der Waals surface area contributed by atoms with Crippen LogP contribution in [0.4, 0.5) is 0 Å². The van der Waals surface area contributed by atoms with Gasteiger partial charge in [0.15, 0.2) is 5.76 Å². The lowest BCUT2D eigenvalue weighted by Gasteiger charge is -2.30. The maximum Gasteiger partial charge on any atom is 0.288 e. The molecule has 0 spiro atoms. The fourth-order valence-corrected chi connectivity index (χ4v) is 5.59. The highest BCUT2D eigenvalue weighted by atomic mass is 79.9. The second-order valence-corrected chi connectivity index (χ2v) is 11.3. The molecule has 11 heteroatoms. The number of methoxy groups -OCH3 is 1. The molecule has 2 aromatic carbocycles. The predicted octanol–water partition coefficient (Wildman–Crippen LogP) is 2.71. The van der Waals surface area contributed by atoms with E-state index in [1.807, 2.05) is 30.3 Å². The van der Waals surface area contributed by atoms with Crippen molar-refractivity contribution in [1.29, 1.82) is 0 Å². The van der Waals surface area contributed by atoms with E-state index in [0.717, 1.165) is 10.0 Å². The number of aliphatic hydroxyl groups excluding tert-OH is 1. The van der Waals surface area contributed by atoms with Gasteiger partial charge in [0.25, 0.3) is 5.91 Å². The molecule has 1 amide bonds. The molecule has 2 aliphatic heterocycles. The van der Waals surface area contributed by atoms with Crippen LogP contribution in [0.2, 0.25) is 0 Å². The second-order valence-electron chi connectivity index (χ2n) is 8.44. The number of hydrogen-bond donors (Lipinski definition) is 1. The normalized spacial score (nSPS) is 19.6. The van der Waals surface area contributed by atoms with Gasteiger partial charge >= 0.3 is 0 Å². The Balaban J connectivity index is 1.43. The lowest BCUT2D eigenvalue weighted by Crippen LogP contribution is -2.37. The van der Waals surface area contributed by atoms with Crippen molar-refractivity contribution in [3.05, 3.63) is 70.4 Å². The van der Waals surface area contributed by atoms with E-state index in [1.165, 1.54) is 23.5 Å². The summed E-state index contributed by atoms with van der Waals surface area (Å²) in [5.41, 5.74) is 1.02. The van der Waals surface area contributed by atoms with Gasteiger partial charge in [-0.15, -0.1) is 0 Å². The highest BCUT2D eigenvalue weighted by Crippen LogP contribution is 2.33. The van der Waals surface area contributed by atoms with Gasteiger partial charge in [-0.1, -0.05) is 28.1 Å². The van der Waals surface area contributed by atoms with Crippen molar-refractivity contribution in [2.45, 2.75) is 23.5 Å². The first-order chi connectivity index (χ1) is 17.3. The SMILES string of the molecule is COc1ccc(S(=O)(=O)N(CCO)CCO[C@H]2C[C@@H](c3ccc(Br)cc3)C=C(C(=O)N3CC3)O2)cc1. The number of ether oxygens (including phenoxy) is 3. The molecular formula is C25H29BrN2O7S. The molecule has 1 saturated heterocycles. The number of halogens is 1. The average molecular weight is 581 g/mol. The lowest BCUT2D eigenvalue weighted by molar-refractivity contribution is -0.149. The molecule has 1 fully saturated rings. The lowest BCUT2D eigenvalue weighted by atomic mass is 9.93. The van der Waals surface area contributed by atoms with Crippen LogP contribution < -0.4 is 4.74 Å². The molecule has 0 bridgehead atoms. The minimum atomic E-state index is -3.86. The van der Waals surface area contributed by atoms with Crippen LogP contribution in [0.15, 0.2) is 69.7 Å². The van der Waals surface area contributed by atoms with E-state index in [-0.39, 0.29) is 48.8 Å². The second kappa shape index (κ2) is 11.7. The standard InChI is InChI=1S/C25H29BrN2O7S/c1-33-21-6-8-22(9-7-21)36(31,32)28(12-14-29)13-15-34-24-17-19(18-2-4-20(26)5-3-18)16-23(35-24)25(30)27-10-11-27/h2-9,16,19,24,29H,10-15,17H2,1H3/t19-,24+/m0/s1. The van der Waals surface area contributed by atoms with Crippen molar-refractivity contribution < 1.29 is 32.5 Å². The van der Waals surface area contributed by atoms with E-state index < -0.39 is 16.3 Å². The Bertz CT molecular complexity index is 1180. The molecule has 2 aliphatic rings. The highest BCUT2D eigenvalue weighted by Gasteiger charge is 2.34. The Morgan fingerprint density at radius 1 is 1.14 bits per heavy atom. The molecule has 0 aliphatic carbocycles. The minimum Gasteiger partial charge on any atom is -0.497 e. The molecule has 194 valence electrons. The Morgan fingerprint density at radius 3 is 2.44 bits per heavy atom. The summed E-state index contributed by atoms with van der Waals surface area (Å²) >= 11 is 3.44. The summed E-state index contributed by atoms with van der Waals surface area (Å²) in [6.45, 7) is 1.03. The summed E-state index contributed by atoms with van der Waals surface area (Å²) in [6, 6.07) is 13.9. The van der Waals surface area contributed by atoms with Crippen LogP contribution in [0.1, 0.15) is 17.9 Å². The summed E-state index contributed by atoms with van der Waals surface area (Å²) in [6.07, 6.45) is 1.58. The predicted molar refractivity (Wildman–Crippen MR) is 136 cm³/mol. The first-order valence-corrected chi connectivity index (χ1v) is 13.8. The molecule has 2 heterocycles. The first kappa shape index (κ1) is 26.6. The topological polar surface area (TPSA) is 105 Å². The molecule has 1 N–H and O–H groups in total. The minimum absolute atomic E-state index is 0.0108. The largest absolute Gasteiger partial charge is 0.497 e. The molecule has 0 saturated carbocycles. The third-order valence-corrected chi connectivity index (χ3v) is 8.43. The van der Waals surface area contributed by atoms with Gasteiger partial charge < -0.3 is 24.2 Å². The monoisotopic (exact) mass is 580 g/mol. The van der Waals surface area contributed by atoms with Crippen molar-refractivity contribution in [2.75, 3.05) is 46.5 Å². The number of sulfonamides is 1. The molecule has 0 aromatic heterocycles. The third-order valence-electron chi connectivity index (χ3n) is 5.99. The average Bonchev–Trinajstić information content (AvgIpc) is 3.73. The van der Waals surface area contributed by atoms with E-state index in [2.05, 4.69) is 15.9 Å². The third kappa shape index (κ3) is 6.46. The van der Waals surface area contributed by atoms with Crippen LogP contribution in [-0.2, 0) is 24.3 Å². The number of carbonyl (C=O) groups excluding carboxylic acids is 1. The fourth-order valence-electron chi connectivity index (χ4n) is 3.91. The number of amides is 1. The fraction of sp³-hybridized carbons (Fsp3) is 0.400. The molecule has 0 radical (unpaired) electrons. The van der Waals surface area contributed by atoms with Crippen LogP contribution in [0.5, 0.6) is 5.75 Å². The molecule has 36 heavy (non-hydrogen) atoms. The number of benzene rings is 2. The van der Waals surface area contributed by atoms with Gasteiger partial charge in [0.05, 0.1) is 25.2 Å². The van der Waals surface area contributed by atoms with Crippen LogP contribution >= 0.6 is 15.9 Å². The molecule has 2 aromatic rings. The maximum atomic E-state index is 13.1. The Kier molecular flexibility index (Phi) is 8.68. The number of nitrogens with zero attached hydrogens (tertiary/aromatic N) is 2. The van der Waals surface area contributed by atoms with E-state index in [9.17, 15) is 18.3 Å². The molecule has 4 rings (SSSR count). The first-order valence-electron chi connectivity index (χ1n) is 11.6. The highest BCUT2D eigenvalue weighted by molar-refractivity contribution is 9.10. The van der Waals surface area contributed by atoms with Crippen molar-refractivity contribution in [2.24, 2.45) is 0 Å². The quantitative estimate of drug-likeness (QED) is 0.407. The summed E-state index contributed by atoms with van der Waals surface area (Å²) < 4.78 is 45.3. The van der Waals surface area contributed by atoms with E-state index >= 15 is 0 Å². The number of allylic oxidation sites excluding steroid dienone is 1. The molecule has 2 atom stereocenters. The van der Waals surface area contributed by atoms with Gasteiger partial charge in [-0.2, -0.15) is 4.31 Å². The van der Waals surface area contributed by atoms with Crippen molar-refractivity contribution >= 4 is 31.9 Å². The molecular weight excluding hydrogens is 552 g/mol. The zero-order valence-corrected chi connectivity index (χ0v) is 22.3. The van der Waals surface area contributed by atoms with E-state index in [0.29, 0.717) is 25.3 Å². The van der Waals surface area contributed by atoms with Crippen LogP contribution in [0.3, 0.4) is 0 Å². The summed E-state index contributed by atoms with van der Waals surface area (Å²) in [5.74, 6) is 0.526. The molecule has 0 unspecified atom stereocenters. The number of hydrogen-bond acceptors (Lipinski definition) is 7. The Labute approximate surface area is 219 Å². The Morgan fingerprint density at radius 2 is 1.83 bits per heavy atom. The zero-order valence-electron chi connectivity index (χ0n) is 19.9. The van der Waals surface area contributed by atoms with Crippen LogP contribution in [0, 0.1) is 0 Å². The van der Waals surface area contributed by atoms with Crippen molar-refractivity contribution in [1.82, 2.24) is 9.21 Å². The van der Waals surface area contributed by atoms with Crippen molar-refractivity contribution in [3.8, 4) is 5.75 Å². The van der Waals surface area contributed by atoms with Crippen molar-refractivity contribution in [3.63, 3.8) is 0 Å². The van der Waals surface area contributed by atoms with Crippen LogP contribution in [-0.4, -0.2) is 81.4 Å². The summed E-state index contributed by atoms with van der Waals surface area (Å²) in [5, 5.41) is 9.47. The van der Waals surface area contributed by atoms with Gasteiger partial charge in [-0.3, -0.25) is 4.79 Å². The smallest absolute Gasteiger partial charge is 0.288 e. The summed E-state index contributed by atoms with van der Waals surface area (Å²) in [7, 11) is -2.35. The number of aliphatic hydroxyl groups is 1. The van der Waals surface area contributed by atoms with E-state index in [4.69, 9.17) is 14.2 Å².